The normalized spacial score (nSPS) is 13.9. The minimum atomic E-state index is -3.73. The van der Waals surface area contributed by atoms with Crippen molar-refractivity contribution < 1.29 is 17.9 Å². The molecule has 0 amide bonds. The molecule has 2 atom stereocenters. The third kappa shape index (κ3) is 7.55. The van der Waals surface area contributed by atoms with Crippen molar-refractivity contribution in [3.63, 3.8) is 0 Å². The second-order valence-corrected chi connectivity index (χ2v) is 7.46. The van der Waals surface area contributed by atoms with Crippen LogP contribution < -0.4 is 14.8 Å². The average Bonchev–Trinajstić information content (AvgIpc) is 2.47. The second-order valence-electron chi connectivity index (χ2n) is 5.29. The Balaban J connectivity index is 0.00000529. The van der Waals surface area contributed by atoms with Crippen molar-refractivity contribution in [3.8, 4) is 5.75 Å². The molecule has 0 aliphatic carbocycles. The first-order valence-corrected chi connectivity index (χ1v) is 9.34. The summed E-state index contributed by atoms with van der Waals surface area (Å²) in [4.78, 5) is 0.0247. The van der Waals surface area contributed by atoms with Crippen LogP contribution in [0.4, 0.5) is 0 Å². The summed E-state index contributed by atoms with van der Waals surface area (Å²) < 4.78 is 38.3. The van der Waals surface area contributed by atoms with Gasteiger partial charge in [0.1, 0.15) is 16.7 Å². The highest BCUT2D eigenvalue weighted by Gasteiger charge is 2.22. The van der Waals surface area contributed by atoms with Crippen molar-refractivity contribution in [2.75, 3.05) is 26.8 Å². The molecular formula is C15H26Cl2N2O4S. The van der Waals surface area contributed by atoms with Crippen molar-refractivity contribution in [2.45, 2.75) is 37.8 Å². The van der Waals surface area contributed by atoms with Gasteiger partial charge >= 0.3 is 0 Å². The van der Waals surface area contributed by atoms with E-state index in [9.17, 15) is 8.42 Å². The van der Waals surface area contributed by atoms with Gasteiger partial charge in [0.15, 0.2) is 0 Å². The molecule has 140 valence electrons. The summed E-state index contributed by atoms with van der Waals surface area (Å²) in [5.74, 6) is 0.252. The number of sulfonamides is 1. The van der Waals surface area contributed by atoms with E-state index in [1.807, 2.05) is 13.8 Å². The molecule has 0 spiro atoms. The first kappa shape index (κ1) is 23.4. The van der Waals surface area contributed by atoms with E-state index in [4.69, 9.17) is 21.1 Å². The summed E-state index contributed by atoms with van der Waals surface area (Å²) in [6, 6.07) is 4.55. The van der Waals surface area contributed by atoms with Gasteiger partial charge in [-0.05, 0) is 38.6 Å². The number of rotatable bonds is 10. The van der Waals surface area contributed by atoms with E-state index < -0.39 is 10.0 Å². The molecule has 0 aromatic heterocycles. The lowest BCUT2D eigenvalue weighted by Gasteiger charge is -2.18. The molecule has 6 nitrogen and oxygen atoms in total. The SMILES string of the molecule is CCN[C@H](C)CNS(=O)(=O)c1cc(Cl)ccc1OC(C)COC.Cl. The van der Waals surface area contributed by atoms with Gasteiger partial charge in [-0.3, -0.25) is 0 Å². The molecule has 0 radical (unpaired) electrons. The number of hydrogen-bond donors (Lipinski definition) is 2. The monoisotopic (exact) mass is 400 g/mol. The molecule has 2 N–H and O–H groups in total. The van der Waals surface area contributed by atoms with E-state index in [-0.39, 0.29) is 41.7 Å². The minimum Gasteiger partial charge on any atom is -0.487 e. The molecule has 1 aromatic rings. The fourth-order valence-electron chi connectivity index (χ4n) is 2.01. The molecule has 0 aliphatic rings. The van der Waals surface area contributed by atoms with Gasteiger partial charge in [0, 0.05) is 24.7 Å². The van der Waals surface area contributed by atoms with E-state index in [0.717, 1.165) is 6.54 Å². The zero-order valence-electron chi connectivity index (χ0n) is 14.3. The number of ether oxygens (including phenoxy) is 2. The highest BCUT2D eigenvalue weighted by molar-refractivity contribution is 7.89. The van der Waals surface area contributed by atoms with Gasteiger partial charge in [0.05, 0.1) is 6.61 Å². The summed E-state index contributed by atoms with van der Waals surface area (Å²) >= 11 is 5.95. The van der Waals surface area contributed by atoms with Crippen LogP contribution in [0.1, 0.15) is 20.8 Å². The standard InChI is InChI=1S/C15H25ClN2O4S.ClH/c1-5-17-11(2)9-18-23(19,20)15-8-13(16)6-7-14(15)22-12(3)10-21-4;/h6-8,11-12,17-18H,5,9-10H2,1-4H3;1H/t11-,12?;/m1./s1. The third-order valence-corrected chi connectivity index (χ3v) is 4.74. The Hall–Kier alpha value is -0.570. The highest BCUT2D eigenvalue weighted by atomic mass is 35.5. The lowest BCUT2D eigenvalue weighted by molar-refractivity contribution is 0.0901. The van der Waals surface area contributed by atoms with Gasteiger partial charge < -0.3 is 14.8 Å². The van der Waals surface area contributed by atoms with Crippen LogP contribution in [-0.4, -0.2) is 47.4 Å². The Labute approximate surface area is 155 Å². The molecule has 0 aliphatic heterocycles. The van der Waals surface area contributed by atoms with Crippen molar-refractivity contribution >= 4 is 34.0 Å². The fourth-order valence-corrected chi connectivity index (χ4v) is 3.53. The quantitative estimate of drug-likeness (QED) is 0.630. The molecule has 0 saturated heterocycles. The van der Waals surface area contributed by atoms with Crippen LogP contribution in [0.15, 0.2) is 23.1 Å². The van der Waals surface area contributed by atoms with Crippen molar-refractivity contribution in [1.82, 2.24) is 10.0 Å². The van der Waals surface area contributed by atoms with Crippen LogP contribution in [-0.2, 0) is 14.8 Å². The Morgan fingerprint density at radius 2 is 1.96 bits per heavy atom. The molecule has 0 bridgehead atoms. The molecule has 24 heavy (non-hydrogen) atoms. The van der Waals surface area contributed by atoms with Gasteiger partial charge in [0.25, 0.3) is 0 Å². The molecule has 0 saturated carbocycles. The summed E-state index contributed by atoms with van der Waals surface area (Å²) in [5, 5.41) is 3.47. The van der Waals surface area contributed by atoms with Gasteiger partial charge in [-0.2, -0.15) is 0 Å². The zero-order chi connectivity index (χ0) is 17.5. The molecule has 0 fully saturated rings. The second kappa shape index (κ2) is 11.1. The van der Waals surface area contributed by atoms with Crippen LogP contribution in [0.5, 0.6) is 5.75 Å². The Kier molecular flexibility index (Phi) is 10.9. The van der Waals surface area contributed by atoms with Crippen LogP contribution in [0.25, 0.3) is 0 Å². The van der Waals surface area contributed by atoms with Crippen molar-refractivity contribution in [1.29, 1.82) is 0 Å². The summed E-state index contributed by atoms with van der Waals surface area (Å²) in [5.41, 5.74) is 0. The third-order valence-electron chi connectivity index (χ3n) is 3.06. The topological polar surface area (TPSA) is 76.7 Å². The Bertz CT molecular complexity index is 599. The lowest BCUT2D eigenvalue weighted by Crippen LogP contribution is -2.39. The van der Waals surface area contributed by atoms with Crippen LogP contribution in [0.3, 0.4) is 0 Å². The number of nitrogens with one attached hydrogen (secondary N) is 2. The number of likely N-dealkylation sites (N-methyl/N-ethyl adjacent to an activating group) is 1. The predicted octanol–water partition coefficient (Wildman–Crippen LogP) is 2.45. The van der Waals surface area contributed by atoms with Crippen LogP contribution in [0, 0.1) is 0 Å². The number of benzene rings is 1. The molecule has 1 aromatic carbocycles. The molecule has 9 heteroatoms. The van der Waals surface area contributed by atoms with Crippen molar-refractivity contribution in [2.24, 2.45) is 0 Å². The summed E-state index contributed by atoms with van der Waals surface area (Å²) in [6.45, 7) is 7.06. The minimum absolute atomic E-state index is 0. The van der Waals surface area contributed by atoms with Crippen LogP contribution >= 0.6 is 24.0 Å². The zero-order valence-corrected chi connectivity index (χ0v) is 16.7. The van der Waals surface area contributed by atoms with E-state index >= 15 is 0 Å². The van der Waals surface area contributed by atoms with E-state index in [2.05, 4.69) is 10.0 Å². The summed E-state index contributed by atoms with van der Waals surface area (Å²) in [6.07, 6.45) is -0.282. The average molecular weight is 401 g/mol. The smallest absolute Gasteiger partial charge is 0.244 e. The molecule has 1 rings (SSSR count). The van der Waals surface area contributed by atoms with Crippen LogP contribution in [0.2, 0.25) is 5.02 Å². The highest BCUT2D eigenvalue weighted by Crippen LogP contribution is 2.28. The van der Waals surface area contributed by atoms with Gasteiger partial charge in [-0.25, -0.2) is 13.1 Å². The maximum Gasteiger partial charge on any atom is 0.244 e. The molecular weight excluding hydrogens is 375 g/mol. The Morgan fingerprint density at radius 3 is 2.54 bits per heavy atom. The van der Waals surface area contributed by atoms with Gasteiger partial charge in [-0.1, -0.05) is 18.5 Å². The summed E-state index contributed by atoms with van der Waals surface area (Å²) in [7, 11) is -2.17. The van der Waals surface area contributed by atoms with Gasteiger partial charge in [0.2, 0.25) is 10.0 Å². The van der Waals surface area contributed by atoms with E-state index in [0.29, 0.717) is 11.6 Å². The van der Waals surface area contributed by atoms with Gasteiger partial charge in [-0.15, -0.1) is 12.4 Å². The number of methoxy groups -OCH3 is 1. The number of hydrogen-bond acceptors (Lipinski definition) is 5. The maximum atomic E-state index is 12.5. The Morgan fingerprint density at radius 1 is 1.29 bits per heavy atom. The van der Waals surface area contributed by atoms with E-state index in [1.54, 1.807) is 26.2 Å². The largest absolute Gasteiger partial charge is 0.487 e. The number of halogens is 2. The first-order chi connectivity index (χ1) is 10.8. The predicted molar refractivity (Wildman–Crippen MR) is 99.0 cm³/mol. The first-order valence-electron chi connectivity index (χ1n) is 7.48. The molecule has 0 heterocycles. The van der Waals surface area contributed by atoms with Crippen molar-refractivity contribution in [3.05, 3.63) is 23.2 Å². The lowest BCUT2D eigenvalue weighted by atomic mass is 10.3. The maximum absolute atomic E-state index is 12.5. The molecule has 1 unspecified atom stereocenters. The fraction of sp³-hybridized carbons (Fsp3) is 0.600. The van der Waals surface area contributed by atoms with E-state index in [1.165, 1.54) is 6.07 Å².